The highest BCUT2D eigenvalue weighted by Crippen LogP contribution is 2.44. The molecular formula is C53H47N5O. The van der Waals surface area contributed by atoms with E-state index in [9.17, 15) is 5.11 Å². The highest BCUT2D eigenvalue weighted by atomic mass is 16.3. The second-order valence-electron chi connectivity index (χ2n) is 15.3. The molecule has 0 radical (unpaired) electrons. The number of nitrogens with zero attached hydrogens (tertiary/aromatic N) is 5. The summed E-state index contributed by atoms with van der Waals surface area (Å²) in [6, 6.07) is 67.5. The summed E-state index contributed by atoms with van der Waals surface area (Å²) in [7, 11) is 0. The lowest BCUT2D eigenvalue weighted by molar-refractivity contribution is 0.0573. The predicted molar refractivity (Wildman–Crippen MR) is 235 cm³/mol. The van der Waals surface area contributed by atoms with Gasteiger partial charge in [0.2, 0.25) is 0 Å². The zero-order chi connectivity index (χ0) is 40.3. The molecule has 0 aliphatic carbocycles. The Balaban J connectivity index is 1.27. The molecule has 0 saturated carbocycles. The monoisotopic (exact) mass is 769 g/mol. The highest BCUT2D eigenvalue weighted by Gasteiger charge is 2.44. The minimum absolute atomic E-state index is 0.335. The van der Waals surface area contributed by atoms with Crippen LogP contribution in [-0.2, 0) is 23.2 Å². The predicted octanol–water partition coefficient (Wildman–Crippen LogP) is 10.5. The van der Waals surface area contributed by atoms with E-state index >= 15 is 0 Å². The number of hydrogen-bond acceptors (Lipinski definition) is 3. The Bertz CT molecular complexity index is 2360. The number of benzene rings is 6. The summed E-state index contributed by atoms with van der Waals surface area (Å²) in [4.78, 5) is 10.3. The number of aryl methyl sites for hydroxylation is 2. The van der Waals surface area contributed by atoms with Crippen LogP contribution in [0.5, 0.6) is 0 Å². The minimum Gasteiger partial charge on any atom is -0.377 e. The van der Waals surface area contributed by atoms with Crippen LogP contribution >= 0.6 is 0 Å². The van der Waals surface area contributed by atoms with Crippen molar-refractivity contribution in [2.45, 2.75) is 43.5 Å². The van der Waals surface area contributed by atoms with Crippen LogP contribution in [0.4, 0.5) is 0 Å². The van der Waals surface area contributed by atoms with Gasteiger partial charge in [0, 0.05) is 36.7 Å². The van der Waals surface area contributed by atoms with Gasteiger partial charge in [0.15, 0.2) is 5.60 Å². The van der Waals surface area contributed by atoms with Crippen molar-refractivity contribution in [1.29, 1.82) is 0 Å². The zero-order valence-corrected chi connectivity index (χ0v) is 33.4. The first-order valence-electron chi connectivity index (χ1n) is 20.2. The fourth-order valence-electron chi connectivity index (χ4n) is 9.12. The third-order valence-corrected chi connectivity index (χ3v) is 12.1. The van der Waals surface area contributed by atoms with E-state index in [0.29, 0.717) is 24.4 Å². The van der Waals surface area contributed by atoms with Crippen molar-refractivity contribution in [1.82, 2.24) is 23.7 Å². The summed E-state index contributed by atoms with van der Waals surface area (Å²) in [6.45, 7) is 4.78. The second kappa shape index (κ2) is 15.7. The molecular weight excluding hydrogens is 723 g/mol. The van der Waals surface area contributed by atoms with Gasteiger partial charge < -0.3 is 18.8 Å². The topological polar surface area (TPSA) is 60.8 Å². The van der Waals surface area contributed by atoms with Crippen molar-refractivity contribution < 1.29 is 5.11 Å². The van der Waals surface area contributed by atoms with Gasteiger partial charge in [0.25, 0.3) is 0 Å². The van der Waals surface area contributed by atoms with Gasteiger partial charge in [-0.1, -0.05) is 182 Å². The van der Waals surface area contributed by atoms with Gasteiger partial charge in [-0.3, -0.25) is 0 Å². The molecule has 0 unspecified atom stereocenters. The quantitative estimate of drug-likeness (QED) is 0.119. The van der Waals surface area contributed by atoms with Gasteiger partial charge in [-0.25, -0.2) is 9.97 Å². The van der Waals surface area contributed by atoms with E-state index in [2.05, 4.69) is 185 Å². The third kappa shape index (κ3) is 6.42. The average Bonchev–Trinajstić information content (AvgIpc) is 4.08. The third-order valence-electron chi connectivity index (χ3n) is 12.1. The van der Waals surface area contributed by atoms with Crippen molar-refractivity contribution in [3.63, 3.8) is 0 Å². The summed E-state index contributed by atoms with van der Waals surface area (Å²) < 4.78 is 6.58. The molecule has 0 fully saturated rings. The highest BCUT2D eigenvalue weighted by molar-refractivity contribution is 5.53. The fraction of sp³-hybridized carbons (Fsp3) is 0.132. The van der Waals surface area contributed by atoms with E-state index < -0.39 is 16.7 Å². The largest absolute Gasteiger partial charge is 0.377 e. The van der Waals surface area contributed by atoms with Crippen molar-refractivity contribution in [2.24, 2.45) is 0 Å². The Kier molecular flexibility index (Phi) is 10.0. The molecule has 3 aromatic heterocycles. The summed E-state index contributed by atoms with van der Waals surface area (Å²) in [5, 5.41) is 13.6. The van der Waals surface area contributed by atoms with E-state index in [0.717, 1.165) is 44.8 Å². The van der Waals surface area contributed by atoms with Gasteiger partial charge >= 0.3 is 0 Å². The molecule has 0 saturated heterocycles. The van der Waals surface area contributed by atoms with Crippen LogP contribution in [0, 0.1) is 13.8 Å². The van der Waals surface area contributed by atoms with E-state index in [4.69, 9.17) is 9.97 Å². The smallest absolute Gasteiger partial charge is 0.153 e. The van der Waals surface area contributed by atoms with Crippen molar-refractivity contribution in [2.75, 3.05) is 0 Å². The Hall–Kier alpha value is -7.02. The fourth-order valence-corrected chi connectivity index (χ4v) is 9.12. The Morgan fingerprint density at radius 3 is 0.949 bits per heavy atom. The molecule has 6 nitrogen and oxygen atoms in total. The lowest BCUT2D eigenvalue weighted by Gasteiger charge is -2.37. The summed E-state index contributed by atoms with van der Waals surface area (Å²) in [6.07, 6.45) is 8.14. The van der Waals surface area contributed by atoms with Crippen LogP contribution < -0.4 is 0 Å². The van der Waals surface area contributed by atoms with Gasteiger partial charge in [-0.15, -0.1) is 0 Å². The van der Waals surface area contributed by atoms with E-state index in [1.54, 1.807) is 0 Å². The normalized spacial score (nSPS) is 12.1. The Labute approximate surface area is 346 Å². The van der Waals surface area contributed by atoms with Gasteiger partial charge in [-0.05, 0) is 59.4 Å². The molecule has 6 heteroatoms. The van der Waals surface area contributed by atoms with Gasteiger partial charge in [0.1, 0.15) is 11.1 Å². The molecule has 0 amide bonds. The first-order chi connectivity index (χ1) is 29.0. The molecule has 3 heterocycles. The summed E-state index contributed by atoms with van der Waals surface area (Å²) in [5.41, 5.74) is 6.56. The number of hydrogen-bond donors (Lipinski definition) is 1. The Morgan fingerprint density at radius 1 is 0.407 bits per heavy atom. The van der Waals surface area contributed by atoms with Crippen LogP contribution in [-0.4, -0.2) is 28.8 Å². The molecule has 0 spiro atoms. The molecule has 0 bridgehead atoms. The molecule has 59 heavy (non-hydrogen) atoms. The average molecular weight is 770 g/mol. The number of rotatable bonds is 13. The van der Waals surface area contributed by atoms with Gasteiger partial charge in [0.05, 0.1) is 24.0 Å². The maximum atomic E-state index is 13.6. The van der Waals surface area contributed by atoms with Gasteiger partial charge in [-0.2, -0.15) is 0 Å². The van der Waals surface area contributed by atoms with E-state index in [-0.39, 0.29) is 0 Å². The van der Waals surface area contributed by atoms with Crippen LogP contribution in [0.15, 0.2) is 219 Å². The summed E-state index contributed by atoms with van der Waals surface area (Å²) >= 11 is 0. The van der Waals surface area contributed by atoms with Crippen LogP contribution in [0.3, 0.4) is 0 Å². The Morgan fingerprint density at radius 2 is 0.678 bits per heavy atom. The second-order valence-corrected chi connectivity index (χ2v) is 15.3. The molecule has 0 aliphatic heterocycles. The van der Waals surface area contributed by atoms with Crippen molar-refractivity contribution in [3.05, 3.63) is 275 Å². The standard InChI is InChI=1S/C53H47N5O/c1-41-33-34-42(2)58(41)36-35-51(59,49-37-56(39-54-49)52(43-21-9-3-10-22-43,44-23-11-4-12-24-44)45-25-13-5-14-26-45)50-38-57(40-55-50)53(46-27-15-6-16-28-46,47-29-17-7-18-30-47)48-31-19-8-20-32-48/h3-34,37-40,59H,35-36H2,1-2H3. The van der Waals surface area contributed by atoms with Crippen molar-refractivity contribution in [3.8, 4) is 0 Å². The lowest BCUT2D eigenvalue weighted by atomic mass is 9.76. The first-order valence-corrected chi connectivity index (χ1v) is 20.2. The molecule has 0 atom stereocenters. The van der Waals surface area contributed by atoms with Crippen LogP contribution in [0.1, 0.15) is 62.6 Å². The number of aliphatic hydroxyl groups is 1. The van der Waals surface area contributed by atoms with Crippen LogP contribution in [0.25, 0.3) is 0 Å². The number of imidazole rings is 2. The molecule has 0 aliphatic rings. The lowest BCUT2D eigenvalue weighted by Crippen LogP contribution is -2.37. The van der Waals surface area contributed by atoms with E-state index in [1.165, 1.54) is 0 Å². The summed E-state index contributed by atoms with van der Waals surface area (Å²) in [5.74, 6) is 0. The van der Waals surface area contributed by atoms with Crippen molar-refractivity contribution >= 4 is 0 Å². The maximum Gasteiger partial charge on any atom is 0.153 e. The zero-order valence-electron chi connectivity index (χ0n) is 33.4. The van der Waals surface area contributed by atoms with E-state index in [1.807, 2.05) is 61.4 Å². The molecule has 290 valence electrons. The number of aromatic nitrogens is 5. The maximum absolute atomic E-state index is 13.6. The first kappa shape index (κ1) is 37.6. The minimum atomic E-state index is -1.59. The molecule has 9 aromatic rings. The molecule has 1 N–H and O–H groups in total. The SMILES string of the molecule is Cc1ccc(C)n1CCC(O)(c1cn(C(c2ccccc2)(c2ccccc2)c2ccccc2)cn1)c1cn(C(c2ccccc2)(c2ccccc2)c2ccccc2)cn1. The molecule has 6 aromatic carbocycles. The molecule has 9 rings (SSSR count). The van der Waals surface area contributed by atoms with Crippen LogP contribution in [0.2, 0.25) is 0 Å².